The monoisotopic (exact) mass is 296 g/mol. The maximum atomic E-state index is 12.4. The number of benzene rings is 2. The van der Waals surface area contributed by atoms with Gasteiger partial charge in [0, 0.05) is 22.5 Å². The molecule has 0 N–H and O–H groups in total. The third-order valence-corrected chi connectivity index (χ3v) is 5.50. The van der Waals surface area contributed by atoms with Crippen molar-refractivity contribution in [2.75, 3.05) is 0 Å². The summed E-state index contributed by atoms with van der Waals surface area (Å²) in [7, 11) is 0. The lowest BCUT2D eigenvalue weighted by atomic mass is 9.83. The van der Waals surface area contributed by atoms with Gasteiger partial charge >= 0.3 is 0 Å². The van der Waals surface area contributed by atoms with Gasteiger partial charge in [0.2, 0.25) is 0 Å². The zero-order chi connectivity index (χ0) is 14.5. The molecule has 0 aromatic heterocycles. The van der Waals surface area contributed by atoms with E-state index in [0.717, 1.165) is 19.3 Å². The minimum Gasteiger partial charge on any atom is -0.299 e. The number of hydrogen-bond acceptors (Lipinski definition) is 2. The van der Waals surface area contributed by atoms with Gasteiger partial charge in [-0.05, 0) is 30.5 Å². The van der Waals surface area contributed by atoms with Gasteiger partial charge < -0.3 is 0 Å². The molecule has 1 aliphatic rings. The van der Waals surface area contributed by atoms with E-state index in [0.29, 0.717) is 5.78 Å². The third-order valence-electron chi connectivity index (χ3n) is 4.10. The Labute approximate surface area is 130 Å². The van der Waals surface area contributed by atoms with Crippen LogP contribution < -0.4 is 0 Å². The predicted molar refractivity (Wildman–Crippen MR) is 88.4 cm³/mol. The summed E-state index contributed by atoms with van der Waals surface area (Å²) in [6.45, 7) is 0. The lowest BCUT2D eigenvalue weighted by Crippen LogP contribution is -2.24. The molecule has 2 aromatic carbocycles. The van der Waals surface area contributed by atoms with Crippen molar-refractivity contribution < 1.29 is 4.79 Å². The fourth-order valence-corrected chi connectivity index (χ4v) is 4.35. The average Bonchev–Trinajstić information content (AvgIpc) is 2.55. The highest BCUT2D eigenvalue weighted by Crippen LogP contribution is 2.44. The predicted octanol–water partition coefficient (Wildman–Crippen LogP) is 5.28. The van der Waals surface area contributed by atoms with Crippen molar-refractivity contribution in [3.05, 3.63) is 66.2 Å². The highest BCUT2D eigenvalue weighted by atomic mass is 32.2. The van der Waals surface area contributed by atoms with E-state index in [4.69, 9.17) is 0 Å². The van der Waals surface area contributed by atoms with Crippen LogP contribution in [0.5, 0.6) is 0 Å². The first-order valence-corrected chi connectivity index (χ1v) is 8.52. The number of hydrogen-bond donors (Lipinski definition) is 0. The van der Waals surface area contributed by atoms with Gasteiger partial charge in [0.05, 0.1) is 0 Å². The molecule has 0 saturated heterocycles. The van der Waals surface area contributed by atoms with E-state index in [2.05, 4.69) is 48.5 Å². The topological polar surface area (TPSA) is 17.1 Å². The fourth-order valence-electron chi connectivity index (χ4n) is 3.00. The van der Waals surface area contributed by atoms with Crippen LogP contribution in [0.1, 0.15) is 36.5 Å². The van der Waals surface area contributed by atoms with Crippen molar-refractivity contribution in [1.29, 1.82) is 0 Å². The molecule has 2 aromatic rings. The van der Waals surface area contributed by atoms with Crippen LogP contribution in [0.3, 0.4) is 0 Å². The zero-order valence-electron chi connectivity index (χ0n) is 12.1. The Morgan fingerprint density at radius 2 is 1.57 bits per heavy atom. The van der Waals surface area contributed by atoms with Crippen LogP contribution in [0.4, 0.5) is 0 Å². The van der Waals surface area contributed by atoms with Crippen LogP contribution in [-0.2, 0) is 4.79 Å². The highest BCUT2D eigenvalue weighted by molar-refractivity contribution is 7.99. The second kappa shape index (κ2) is 6.95. The largest absolute Gasteiger partial charge is 0.299 e. The summed E-state index contributed by atoms with van der Waals surface area (Å²) < 4.78 is 0. The van der Waals surface area contributed by atoms with Gasteiger partial charge in [-0.3, -0.25) is 4.79 Å². The molecule has 2 heteroatoms. The van der Waals surface area contributed by atoms with Gasteiger partial charge in [0.25, 0.3) is 0 Å². The Bertz CT molecular complexity index is 579. The second-order valence-corrected chi connectivity index (χ2v) is 6.80. The first kappa shape index (κ1) is 14.4. The number of rotatable bonds is 4. The van der Waals surface area contributed by atoms with Gasteiger partial charge in [-0.1, -0.05) is 55.0 Å². The van der Waals surface area contributed by atoms with Crippen molar-refractivity contribution in [1.82, 2.24) is 0 Å². The Morgan fingerprint density at radius 3 is 2.24 bits per heavy atom. The molecule has 0 amide bonds. The second-order valence-electron chi connectivity index (χ2n) is 5.58. The molecule has 0 bridgehead atoms. The molecule has 108 valence electrons. The van der Waals surface area contributed by atoms with Gasteiger partial charge in [-0.25, -0.2) is 0 Å². The maximum absolute atomic E-state index is 12.4. The van der Waals surface area contributed by atoms with Crippen LogP contribution in [0.15, 0.2) is 65.6 Å². The molecule has 1 saturated carbocycles. The molecule has 0 spiro atoms. The molecule has 21 heavy (non-hydrogen) atoms. The average molecular weight is 296 g/mol. The molecular formula is C19H20OS. The van der Waals surface area contributed by atoms with Crippen LogP contribution >= 0.6 is 11.8 Å². The third kappa shape index (κ3) is 3.56. The van der Waals surface area contributed by atoms with Crippen molar-refractivity contribution >= 4 is 17.5 Å². The van der Waals surface area contributed by atoms with Crippen molar-refractivity contribution in [3.63, 3.8) is 0 Å². The molecule has 1 aliphatic carbocycles. The van der Waals surface area contributed by atoms with E-state index in [1.165, 1.54) is 16.9 Å². The molecule has 0 aliphatic heterocycles. The Hall–Kier alpha value is -1.54. The van der Waals surface area contributed by atoms with E-state index in [9.17, 15) is 4.79 Å². The summed E-state index contributed by atoms with van der Waals surface area (Å²) in [4.78, 5) is 13.6. The van der Waals surface area contributed by atoms with Crippen molar-refractivity contribution in [2.24, 2.45) is 5.92 Å². The molecule has 2 atom stereocenters. The van der Waals surface area contributed by atoms with E-state index in [1.807, 2.05) is 23.9 Å². The Balaban J connectivity index is 1.89. The molecule has 2 unspecified atom stereocenters. The van der Waals surface area contributed by atoms with E-state index in [1.54, 1.807) is 0 Å². The fraction of sp³-hybridized carbons (Fsp3) is 0.316. The van der Waals surface area contributed by atoms with Crippen molar-refractivity contribution in [2.45, 2.75) is 35.8 Å². The summed E-state index contributed by atoms with van der Waals surface area (Å²) in [6, 6.07) is 20.9. The number of carbonyl (C=O) groups excluding carboxylic acids is 1. The van der Waals surface area contributed by atoms with Crippen LogP contribution in [0.25, 0.3) is 0 Å². The highest BCUT2D eigenvalue weighted by Gasteiger charge is 2.31. The molecule has 3 rings (SSSR count). The minimum atomic E-state index is 0.159. The first-order valence-electron chi connectivity index (χ1n) is 7.64. The Kier molecular flexibility index (Phi) is 4.76. The van der Waals surface area contributed by atoms with Crippen LogP contribution in [-0.4, -0.2) is 5.78 Å². The molecule has 0 heterocycles. The normalized spacial score (nSPS) is 20.2. The van der Waals surface area contributed by atoms with Crippen LogP contribution in [0.2, 0.25) is 0 Å². The van der Waals surface area contributed by atoms with Gasteiger partial charge in [0.1, 0.15) is 5.78 Å². The van der Waals surface area contributed by atoms with Gasteiger partial charge in [0.15, 0.2) is 0 Å². The molecule has 1 fully saturated rings. The zero-order valence-corrected chi connectivity index (χ0v) is 12.9. The number of ketones is 1. The molecule has 1 nitrogen and oxygen atoms in total. The molecular weight excluding hydrogens is 276 g/mol. The Morgan fingerprint density at radius 1 is 0.905 bits per heavy atom. The summed E-state index contributed by atoms with van der Waals surface area (Å²) in [6.07, 6.45) is 4.02. The quantitative estimate of drug-likeness (QED) is 0.714. The summed E-state index contributed by atoms with van der Waals surface area (Å²) >= 11 is 1.83. The number of Topliss-reactive ketones (excluding diaryl/α,β-unsaturated/α-hetero) is 1. The maximum Gasteiger partial charge on any atom is 0.137 e. The van der Waals surface area contributed by atoms with E-state index in [-0.39, 0.29) is 11.2 Å². The summed E-state index contributed by atoms with van der Waals surface area (Å²) in [5.74, 6) is 0.602. The van der Waals surface area contributed by atoms with Gasteiger partial charge in [-0.2, -0.15) is 0 Å². The number of thioether (sulfide) groups is 1. The van der Waals surface area contributed by atoms with E-state index >= 15 is 0 Å². The van der Waals surface area contributed by atoms with Crippen LogP contribution in [0, 0.1) is 5.92 Å². The number of carbonyl (C=O) groups is 1. The van der Waals surface area contributed by atoms with E-state index < -0.39 is 0 Å². The first-order chi connectivity index (χ1) is 10.3. The molecule has 0 radical (unpaired) electrons. The lowest BCUT2D eigenvalue weighted by Gasteiger charge is -2.29. The van der Waals surface area contributed by atoms with Gasteiger partial charge in [-0.15, -0.1) is 11.8 Å². The van der Waals surface area contributed by atoms with Crippen molar-refractivity contribution in [3.8, 4) is 0 Å². The standard InChI is InChI=1S/C19H20OS/c20-18-14-8-7-13-17(18)19(15-9-3-1-4-10-15)21-16-11-5-2-6-12-16/h1-6,9-12,17,19H,7-8,13-14H2. The SMILES string of the molecule is O=C1CCCCC1C(Sc1ccccc1)c1ccccc1. The minimum absolute atomic E-state index is 0.159. The summed E-state index contributed by atoms with van der Waals surface area (Å²) in [5, 5.41) is 0.237. The smallest absolute Gasteiger partial charge is 0.137 e. The summed E-state index contributed by atoms with van der Waals surface area (Å²) in [5.41, 5.74) is 1.27. The lowest BCUT2D eigenvalue weighted by molar-refractivity contribution is -0.124.